The summed E-state index contributed by atoms with van der Waals surface area (Å²) in [6, 6.07) is 0. The fraction of sp³-hybridized carbons (Fsp3) is 0.800. The number of hydrogen-bond donors (Lipinski definition) is 1. The molecule has 1 N–H and O–H groups in total. The number of Topliss-reactive ketones (excluding diaryl/α,β-unsaturated/α-hetero) is 1. The lowest BCUT2D eigenvalue weighted by Gasteiger charge is -2.58. The first-order chi connectivity index (χ1) is 10.5. The minimum absolute atomic E-state index is 0.0976. The predicted octanol–water partition coefficient (Wildman–Crippen LogP) is 4.09. The van der Waals surface area contributed by atoms with E-state index in [1.165, 1.54) is 24.8 Å². The number of allylic oxidation sites excluding steroid dienone is 1. The quantitative estimate of drug-likeness (QED) is 0.852. The van der Waals surface area contributed by atoms with Crippen molar-refractivity contribution in [2.45, 2.75) is 84.3 Å². The fourth-order valence-electron chi connectivity index (χ4n) is 5.65. The van der Waals surface area contributed by atoms with Crippen LogP contribution in [0, 0.1) is 16.7 Å². The van der Waals surface area contributed by atoms with Crippen molar-refractivity contribution in [3.63, 3.8) is 0 Å². The van der Waals surface area contributed by atoms with Crippen molar-refractivity contribution in [2.75, 3.05) is 0 Å². The number of aliphatic hydroxyl groups is 1. The maximum Gasteiger partial charge on any atom is 0.166 e. The number of ketones is 1. The van der Waals surface area contributed by atoms with Gasteiger partial charge in [-0.15, -0.1) is 0 Å². The van der Waals surface area contributed by atoms with E-state index in [1.54, 1.807) is 13.8 Å². The molecule has 2 saturated carbocycles. The van der Waals surface area contributed by atoms with Crippen LogP contribution in [-0.2, 0) is 4.79 Å². The Bertz CT molecular complexity index is 581. The van der Waals surface area contributed by atoms with Gasteiger partial charge >= 0.3 is 0 Å². The van der Waals surface area contributed by atoms with E-state index < -0.39 is 11.1 Å². The first-order valence-corrected chi connectivity index (χ1v) is 9.03. The second-order valence-corrected chi connectivity index (χ2v) is 9.40. The van der Waals surface area contributed by atoms with Crippen LogP contribution in [0.3, 0.4) is 0 Å². The standard InChI is InChI=1S/C20H31NO2/c1-17(2)9-6-10-19(5)14(17)7-11-20(15(19)8-12-21-20)13-16(22)18(3,4)23/h8,12,14,23H,6-7,9-11,13H2,1-5H3. The van der Waals surface area contributed by atoms with Gasteiger partial charge in [0.05, 0.1) is 5.54 Å². The highest BCUT2D eigenvalue weighted by molar-refractivity contribution is 5.89. The van der Waals surface area contributed by atoms with Gasteiger partial charge in [-0.05, 0) is 67.9 Å². The molecule has 3 heteroatoms. The highest BCUT2D eigenvalue weighted by Crippen LogP contribution is 2.63. The van der Waals surface area contributed by atoms with Gasteiger partial charge in [0.1, 0.15) is 5.60 Å². The SMILES string of the molecule is CC(C)(O)C(=O)CC12CCC3C(C)(C)CCCC3(C)C1=CC=N2. The zero-order valence-corrected chi connectivity index (χ0v) is 15.3. The lowest BCUT2D eigenvalue weighted by molar-refractivity contribution is -0.135. The summed E-state index contributed by atoms with van der Waals surface area (Å²) < 4.78 is 0. The first kappa shape index (κ1) is 16.9. The van der Waals surface area contributed by atoms with Crippen LogP contribution in [0.1, 0.15) is 73.1 Å². The number of hydrogen-bond acceptors (Lipinski definition) is 3. The monoisotopic (exact) mass is 317 g/mol. The molecule has 0 aromatic heterocycles. The molecule has 0 saturated heterocycles. The van der Waals surface area contributed by atoms with Gasteiger partial charge in [0, 0.05) is 12.6 Å². The van der Waals surface area contributed by atoms with Gasteiger partial charge in [0.2, 0.25) is 0 Å². The molecule has 2 aliphatic carbocycles. The van der Waals surface area contributed by atoms with E-state index in [-0.39, 0.29) is 11.2 Å². The van der Waals surface area contributed by atoms with E-state index in [1.807, 2.05) is 6.21 Å². The van der Waals surface area contributed by atoms with E-state index in [0.717, 1.165) is 12.8 Å². The summed E-state index contributed by atoms with van der Waals surface area (Å²) in [6.45, 7) is 10.4. The molecule has 0 aromatic rings. The molecule has 23 heavy (non-hydrogen) atoms. The maximum atomic E-state index is 12.5. The number of fused-ring (bicyclic) bond motifs is 3. The minimum Gasteiger partial charge on any atom is -0.383 e. The maximum absolute atomic E-state index is 12.5. The molecule has 0 spiro atoms. The average molecular weight is 317 g/mol. The summed E-state index contributed by atoms with van der Waals surface area (Å²) in [5.41, 5.74) is 0.169. The second-order valence-electron chi connectivity index (χ2n) is 9.40. The Balaban J connectivity index is 1.96. The molecule has 3 aliphatic rings. The molecule has 0 bridgehead atoms. The van der Waals surface area contributed by atoms with Crippen LogP contribution in [0.4, 0.5) is 0 Å². The molecule has 2 fully saturated rings. The van der Waals surface area contributed by atoms with Crippen molar-refractivity contribution < 1.29 is 9.90 Å². The van der Waals surface area contributed by atoms with E-state index in [9.17, 15) is 9.90 Å². The topological polar surface area (TPSA) is 49.7 Å². The number of carbonyl (C=O) groups excluding carboxylic acids is 1. The lowest BCUT2D eigenvalue weighted by atomic mass is 9.47. The molecule has 1 aliphatic heterocycles. The summed E-state index contributed by atoms with van der Waals surface area (Å²) >= 11 is 0. The zero-order chi connectivity index (χ0) is 17.1. The van der Waals surface area contributed by atoms with Crippen LogP contribution in [0.25, 0.3) is 0 Å². The highest BCUT2D eigenvalue weighted by atomic mass is 16.3. The predicted molar refractivity (Wildman–Crippen MR) is 93.7 cm³/mol. The molecule has 3 unspecified atom stereocenters. The number of nitrogens with zero attached hydrogens (tertiary/aromatic N) is 1. The fourth-order valence-corrected chi connectivity index (χ4v) is 5.65. The third-order valence-corrected chi connectivity index (χ3v) is 6.89. The molecule has 0 amide bonds. The largest absolute Gasteiger partial charge is 0.383 e. The summed E-state index contributed by atoms with van der Waals surface area (Å²) in [6.07, 6.45) is 10.2. The van der Waals surface area contributed by atoms with Crippen molar-refractivity contribution >= 4 is 12.0 Å². The van der Waals surface area contributed by atoms with Crippen LogP contribution < -0.4 is 0 Å². The summed E-state index contributed by atoms with van der Waals surface area (Å²) in [7, 11) is 0. The van der Waals surface area contributed by atoms with Crippen LogP contribution in [0.5, 0.6) is 0 Å². The van der Waals surface area contributed by atoms with Crippen molar-refractivity contribution in [3.05, 3.63) is 11.6 Å². The van der Waals surface area contributed by atoms with Gasteiger partial charge < -0.3 is 5.11 Å². The van der Waals surface area contributed by atoms with E-state index in [0.29, 0.717) is 17.8 Å². The lowest BCUT2D eigenvalue weighted by Crippen LogP contribution is -2.53. The molecule has 3 nitrogen and oxygen atoms in total. The first-order valence-electron chi connectivity index (χ1n) is 9.03. The van der Waals surface area contributed by atoms with E-state index >= 15 is 0 Å². The van der Waals surface area contributed by atoms with Crippen LogP contribution in [-0.4, -0.2) is 28.2 Å². The Morgan fingerprint density at radius 1 is 1.30 bits per heavy atom. The summed E-state index contributed by atoms with van der Waals surface area (Å²) in [4.78, 5) is 17.3. The zero-order valence-electron chi connectivity index (χ0n) is 15.3. The third-order valence-electron chi connectivity index (χ3n) is 6.89. The van der Waals surface area contributed by atoms with Gasteiger partial charge in [-0.1, -0.05) is 27.2 Å². The molecule has 1 heterocycles. The van der Waals surface area contributed by atoms with Crippen LogP contribution in [0.15, 0.2) is 16.6 Å². The van der Waals surface area contributed by atoms with Gasteiger partial charge in [-0.2, -0.15) is 0 Å². The minimum atomic E-state index is -1.28. The number of rotatable bonds is 3. The summed E-state index contributed by atoms with van der Waals surface area (Å²) in [5.74, 6) is 0.557. The average Bonchev–Trinajstić information content (AvgIpc) is 2.81. The van der Waals surface area contributed by atoms with E-state index in [4.69, 9.17) is 4.99 Å². The summed E-state index contributed by atoms with van der Waals surface area (Å²) in [5, 5.41) is 10.1. The second kappa shape index (κ2) is 5.02. The van der Waals surface area contributed by atoms with E-state index in [2.05, 4.69) is 26.8 Å². The molecule has 3 atom stereocenters. The molecule has 128 valence electrons. The molecular weight excluding hydrogens is 286 g/mol. The Hall–Kier alpha value is -0.960. The molecule has 3 rings (SSSR count). The Morgan fingerprint density at radius 2 is 2.00 bits per heavy atom. The Morgan fingerprint density at radius 3 is 2.65 bits per heavy atom. The van der Waals surface area contributed by atoms with Crippen molar-refractivity contribution in [1.82, 2.24) is 0 Å². The third kappa shape index (κ3) is 2.52. The number of carbonyl (C=O) groups is 1. The van der Waals surface area contributed by atoms with Gasteiger partial charge in [-0.25, -0.2) is 0 Å². The highest BCUT2D eigenvalue weighted by Gasteiger charge is 2.58. The van der Waals surface area contributed by atoms with Crippen LogP contribution >= 0.6 is 0 Å². The molecular formula is C20H31NO2. The van der Waals surface area contributed by atoms with Crippen molar-refractivity contribution in [3.8, 4) is 0 Å². The Labute approximate surface area is 140 Å². The molecule has 0 radical (unpaired) electrons. The van der Waals surface area contributed by atoms with Gasteiger partial charge in [0.15, 0.2) is 5.78 Å². The Kier molecular flexibility index (Phi) is 3.68. The van der Waals surface area contributed by atoms with Gasteiger partial charge in [-0.3, -0.25) is 9.79 Å². The molecule has 0 aromatic carbocycles. The van der Waals surface area contributed by atoms with Crippen LogP contribution in [0.2, 0.25) is 0 Å². The normalized spacial score (nSPS) is 38.7. The van der Waals surface area contributed by atoms with Gasteiger partial charge in [0.25, 0.3) is 0 Å². The van der Waals surface area contributed by atoms with Crippen molar-refractivity contribution in [1.29, 1.82) is 0 Å². The number of aliphatic imine (C=N–C) groups is 1. The van der Waals surface area contributed by atoms with Crippen molar-refractivity contribution in [2.24, 2.45) is 21.7 Å². The smallest absolute Gasteiger partial charge is 0.166 e.